The first-order chi connectivity index (χ1) is 20.2. The van der Waals surface area contributed by atoms with Crippen molar-refractivity contribution in [2.24, 2.45) is 0 Å². The highest BCUT2D eigenvalue weighted by Crippen LogP contribution is 2.35. The molecule has 0 spiro atoms. The molecule has 0 unspecified atom stereocenters. The van der Waals surface area contributed by atoms with Gasteiger partial charge in [0.25, 0.3) is 0 Å². The van der Waals surface area contributed by atoms with E-state index in [1.54, 1.807) is 7.11 Å². The molecular formula is C37H35BN2OS. The molecule has 0 bridgehead atoms. The second-order valence-electron chi connectivity index (χ2n) is 11.5. The van der Waals surface area contributed by atoms with E-state index in [1.807, 2.05) is 12.1 Å². The maximum Gasteiger partial charge on any atom is 0.242 e. The molecule has 0 saturated heterocycles. The summed E-state index contributed by atoms with van der Waals surface area (Å²) >= 11 is 1.26. The lowest BCUT2D eigenvalue weighted by molar-refractivity contribution is 0.415. The van der Waals surface area contributed by atoms with Gasteiger partial charge in [-0.3, -0.25) is 0 Å². The minimum Gasteiger partial charge on any atom is -0.497 e. The van der Waals surface area contributed by atoms with E-state index >= 15 is 0 Å². The average molecular weight is 567 g/mol. The van der Waals surface area contributed by atoms with Gasteiger partial charge >= 0.3 is 0 Å². The largest absolute Gasteiger partial charge is 0.497 e. The van der Waals surface area contributed by atoms with E-state index in [2.05, 4.69) is 114 Å². The molecule has 0 saturated carbocycles. The fourth-order valence-corrected chi connectivity index (χ4v) is 7.30. The Morgan fingerprint density at radius 1 is 0.548 bits per heavy atom. The Morgan fingerprint density at radius 3 is 1.36 bits per heavy atom. The fourth-order valence-electron chi connectivity index (χ4n) is 6.73. The zero-order valence-electron chi connectivity index (χ0n) is 25.4. The quantitative estimate of drug-likeness (QED) is 0.197. The summed E-state index contributed by atoms with van der Waals surface area (Å²) in [4.78, 5) is 0. The van der Waals surface area contributed by atoms with Crippen LogP contribution in [0, 0.1) is 41.5 Å². The Hall–Kier alpha value is -4.22. The summed E-state index contributed by atoms with van der Waals surface area (Å²) in [5.74, 6) is 0.841. The number of rotatable bonds is 6. The first-order valence-corrected chi connectivity index (χ1v) is 15.1. The highest BCUT2D eigenvalue weighted by atomic mass is 32.1. The lowest BCUT2D eigenvalue weighted by atomic mass is 9.34. The maximum atomic E-state index is 5.35. The van der Waals surface area contributed by atoms with Crippen molar-refractivity contribution in [3.8, 4) is 28.0 Å². The van der Waals surface area contributed by atoms with Crippen LogP contribution in [-0.4, -0.2) is 22.6 Å². The van der Waals surface area contributed by atoms with Gasteiger partial charge in [-0.1, -0.05) is 123 Å². The van der Waals surface area contributed by atoms with Gasteiger partial charge in [0.2, 0.25) is 6.71 Å². The standard InChI is InChI=1S/C37H35BN2OS/c1-22-18-24(3)34(25(4)19-22)38(35-26(5)20-23(2)21-27(35)6)30-12-8-28(9-13-30)32-16-17-33(37-36(32)39-42-40-37)29-10-14-31(41-7)15-11-29/h8-21H,1-7H3. The highest BCUT2D eigenvalue weighted by Gasteiger charge is 2.28. The summed E-state index contributed by atoms with van der Waals surface area (Å²) in [5, 5.41) is 0. The predicted molar refractivity (Wildman–Crippen MR) is 181 cm³/mol. The highest BCUT2D eigenvalue weighted by molar-refractivity contribution is 7.00. The topological polar surface area (TPSA) is 35.0 Å². The molecule has 0 fully saturated rings. The number of methoxy groups -OCH3 is 1. The average Bonchev–Trinajstić information content (AvgIpc) is 3.45. The van der Waals surface area contributed by atoms with Gasteiger partial charge < -0.3 is 4.74 Å². The third-order valence-electron chi connectivity index (χ3n) is 8.42. The van der Waals surface area contributed by atoms with Crippen molar-refractivity contribution in [1.29, 1.82) is 0 Å². The van der Waals surface area contributed by atoms with E-state index in [4.69, 9.17) is 13.5 Å². The van der Waals surface area contributed by atoms with Crippen molar-refractivity contribution in [2.45, 2.75) is 41.5 Å². The number of benzene rings is 5. The summed E-state index contributed by atoms with van der Waals surface area (Å²) in [7, 11) is 1.69. The Balaban J connectivity index is 1.46. The lowest BCUT2D eigenvalue weighted by Gasteiger charge is -2.24. The van der Waals surface area contributed by atoms with E-state index < -0.39 is 0 Å². The molecule has 5 aromatic carbocycles. The molecule has 6 rings (SSSR count). The number of fused-ring (bicyclic) bond motifs is 1. The van der Waals surface area contributed by atoms with E-state index in [1.165, 1.54) is 61.5 Å². The van der Waals surface area contributed by atoms with Crippen molar-refractivity contribution in [2.75, 3.05) is 7.11 Å². The van der Waals surface area contributed by atoms with Crippen LogP contribution in [0.15, 0.2) is 84.9 Å². The molecule has 0 amide bonds. The zero-order chi connectivity index (χ0) is 29.5. The van der Waals surface area contributed by atoms with Crippen molar-refractivity contribution < 1.29 is 4.74 Å². The van der Waals surface area contributed by atoms with Crippen molar-refractivity contribution in [3.63, 3.8) is 0 Å². The Labute approximate surface area is 253 Å². The predicted octanol–water partition coefficient (Wildman–Crippen LogP) is 7.40. The van der Waals surface area contributed by atoms with Gasteiger partial charge in [0.1, 0.15) is 16.8 Å². The summed E-state index contributed by atoms with van der Waals surface area (Å²) in [5.41, 5.74) is 18.4. The van der Waals surface area contributed by atoms with Crippen LogP contribution in [0.4, 0.5) is 0 Å². The zero-order valence-corrected chi connectivity index (χ0v) is 26.2. The number of nitrogens with zero attached hydrogens (tertiary/aromatic N) is 2. The molecular weight excluding hydrogens is 531 g/mol. The molecule has 1 heterocycles. The van der Waals surface area contributed by atoms with Crippen molar-refractivity contribution in [3.05, 3.63) is 118 Å². The van der Waals surface area contributed by atoms with Crippen molar-refractivity contribution >= 4 is 45.9 Å². The molecule has 3 nitrogen and oxygen atoms in total. The number of ether oxygens (including phenoxy) is 1. The molecule has 1 aromatic heterocycles. The third kappa shape index (κ3) is 5.03. The molecule has 0 N–H and O–H groups in total. The van der Waals surface area contributed by atoms with Gasteiger partial charge in [0.05, 0.1) is 18.8 Å². The van der Waals surface area contributed by atoms with E-state index in [-0.39, 0.29) is 6.71 Å². The molecule has 6 aromatic rings. The molecule has 0 aliphatic rings. The molecule has 5 heteroatoms. The molecule has 0 atom stereocenters. The van der Waals surface area contributed by atoms with Crippen LogP contribution in [0.3, 0.4) is 0 Å². The fraction of sp³-hybridized carbons (Fsp3) is 0.189. The van der Waals surface area contributed by atoms with Crippen LogP contribution in [-0.2, 0) is 0 Å². The van der Waals surface area contributed by atoms with Gasteiger partial charge in [-0.25, -0.2) is 0 Å². The molecule has 0 radical (unpaired) electrons. The maximum absolute atomic E-state index is 5.35. The second kappa shape index (κ2) is 11.2. The molecule has 42 heavy (non-hydrogen) atoms. The van der Waals surface area contributed by atoms with Gasteiger partial charge in [-0.15, -0.1) is 0 Å². The van der Waals surface area contributed by atoms with Crippen LogP contribution in [0.1, 0.15) is 33.4 Å². The number of hydrogen-bond acceptors (Lipinski definition) is 4. The normalized spacial score (nSPS) is 11.2. The monoisotopic (exact) mass is 566 g/mol. The van der Waals surface area contributed by atoms with Gasteiger partial charge in [-0.05, 0) is 64.8 Å². The summed E-state index contributed by atoms with van der Waals surface area (Å²) in [6.45, 7) is 13.5. The number of aryl methyl sites for hydroxylation is 6. The van der Waals surface area contributed by atoms with Crippen molar-refractivity contribution in [1.82, 2.24) is 8.75 Å². The van der Waals surface area contributed by atoms with Crippen LogP contribution in [0.2, 0.25) is 0 Å². The Morgan fingerprint density at radius 2 is 0.952 bits per heavy atom. The van der Waals surface area contributed by atoms with Crippen LogP contribution in [0.5, 0.6) is 5.75 Å². The van der Waals surface area contributed by atoms with Crippen LogP contribution in [0.25, 0.3) is 33.3 Å². The lowest BCUT2D eigenvalue weighted by Crippen LogP contribution is -2.55. The first-order valence-electron chi connectivity index (χ1n) is 14.4. The Kier molecular flexibility index (Phi) is 7.46. The summed E-state index contributed by atoms with van der Waals surface area (Å²) in [6, 6.07) is 30.8. The minimum atomic E-state index is 0.152. The van der Waals surface area contributed by atoms with Gasteiger partial charge in [-0.2, -0.15) is 8.75 Å². The SMILES string of the molecule is COc1ccc(-c2ccc(-c3ccc(B(c4c(C)cc(C)cc4C)c4c(C)cc(C)cc4C)cc3)c3nsnc23)cc1. The molecule has 0 aliphatic carbocycles. The summed E-state index contributed by atoms with van der Waals surface area (Å²) < 4.78 is 14.8. The second-order valence-corrected chi connectivity index (χ2v) is 12.1. The third-order valence-corrected chi connectivity index (χ3v) is 8.95. The minimum absolute atomic E-state index is 0.152. The Bertz CT molecular complexity index is 1820. The smallest absolute Gasteiger partial charge is 0.242 e. The van der Waals surface area contributed by atoms with E-state index in [0.29, 0.717) is 0 Å². The number of aromatic nitrogens is 2. The first kappa shape index (κ1) is 27.9. The number of hydrogen-bond donors (Lipinski definition) is 0. The van der Waals surface area contributed by atoms with Crippen LogP contribution < -0.4 is 21.1 Å². The van der Waals surface area contributed by atoms with Gasteiger partial charge in [0, 0.05) is 11.1 Å². The van der Waals surface area contributed by atoms with Crippen LogP contribution >= 0.6 is 11.7 Å². The van der Waals surface area contributed by atoms with E-state index in [0.717, 1.165) is 39.0 Å². The van der Waals surface area contributed by atoms with Gasteiger partial charge in [0.15, 0.2) is 0 Å². The molecule has 208 valence electrons. The molecule has 0 aliphatic heterocycles. The van der Waals surface area contributed by atoms with E-state index in [9.17, 15) is 0 Å². The summed E-state index contributed by atoms with van der Waals surface area (Å²) in [6.07, 6.45) is 0.